The van der Waals surface area contributed by atoms with Crippen molar-refractivity contribution >= 4 is 23.2 Å². The van der Waals surface area contributed by atoms with Gasteiger partial charge in [0.15, 0.2) is 0 Å². The lowest BCUT2D eigenvalue weighted by Crippen LogP contribution is -2.14. The van der Waals surface area contributed by atoms with Gasteiger partial charge in [-0.05, 0) is 47.6 Å². The monoisotopic (exact) mass is 321 g/mol. The fourth-order valence-electron chi connectivity index (χ4n) is 2.49. The molecule has 2 rings (SSSR count). The van der Waals surface area contributed by atoms with E-state index in [1.165, 1.54) is 5.56 Å². The number of rotatable bonds is 5. The Kier molecular flexibility index (Phi) is 5.69. The maximum Gasteiger partial charge on any atom is 0.0453 e. The van der Waals surface area contributed by atoms with Gasteiger partial charge in [0.05, 0.1) is 0 Å². The Labute approximate surface area is 137 Å². The summed E-state index contributed by atoms with van der Waals surface area (Å²) in [5, 5.41) is 1.35. The Morgan fingerprint density at radius 3 is 2.19 bits per heavy atom. The highest BCUT2D eigenvalue weighted by atomic mass is 35.5. The fraction of sp³-hybridized carbons (Fsp3) is 0.333. The van der Waals surface area contributed by atoms with Gasteiger partial charge in [0, 0.05) is 16.1 Å². The first kappa shape index (κ1) is 16.4. The van der Waals surface area contributed by atoms with Crippen LogP contribution < -0.4 is 5.73 Å². The Morgan fingerprint density at radius 2 is 1.57 bits per heavy atom. The normalized spacial score (nSPS) is 12.7. The zero-order valence-corrected chi connectivity index (χ0v) is 14.0. The lowest BCUT2D eigenvalue weighted by atomic mass is 9.95. The molecule has 0 aliphatic heterocycles. The first-order valence-electron chi connectivity index (χ1n) is 7.24. The molecule has 1 nitrogen and oxygen atoms in total. The molecule has 0 radical (unpaired) electrons. The largest absolute Gasteiger partial charge is 0.324 e. The van der Waals surface area contributed by atoms with E-state index >= 15 is 0 Å². The van der Waals surface area contributed by atoms with E-state index in [1.807, 2.05) is 18.2 Å². The molecule has 3 heteroatoms. The van der Waals surface area contributed by atoms with Gasteiger partial charge in [-0.2, -0.15) is 0 Å². The van der Waals surface area contributed by atoms with Gasteiger partial charge in [0.2, 0.25) is 0 Å². The van der Waals surface area contributed by atoms with Crippen molar-refractivity contribution in [3.05, 3.63) is 69.2 Å². The highest BCUT2D eigenvalue weighted by Crippen LogP contribution is 2.28. The minimum Gasteiger partial charge on any atom is -0.324 e. The third-order valence-electron chi connectivity index (χ3n) is 3.51. The minimum atomic E-state index is -0.102. The highest BCUT2D eigenvalue weighted by molar-refractivity contribution is 6.36. The smallest absolute Gasteiger partial charge is 0.0453 e. The molecule has 0 heterocycles. The Balaban J connectivity index is 2.18. The quantitative estimate of drug-likeness (QED) is 0.780. The molecule has 1 atom stereocenters. The third kappa shape index (κ3) is 4.47. The predicted octanol–water partition coefficient (Wildman–Crippen LogP) is 5.43. The summed E-state index contributed by atoms with van der Waals surface area (Å²) in [4.78, 5) is 0. The first-order valence-corrected chi connectivity index (χ1v) is 8.00. The molecular weight excluding hydrogens is 301 g/mol. The maximum atomic E-state index is 6.35. The van der Waals surface area contributed by atoms with E-state index in [-0.39, 0.29) is 6.04 Å². The zero-order valence-electron chi connectivity index (χ0n) is 12.4. The summed E-state index contributed by atoms with van der Waals surface area (Å²) in [7, 11) is 0. The zero-order chi connectivity index (χ0) is 15.4. The van der Waals surface area contributed by atoms with Crippen LogP contribution in [0.4, 0.5) is 0 Å². The Hall–Kier alpha value is -1.02. The van der Waals surface area contributed by atoms with Crippen molar-refractivity contribution in [3.63, 3.8) is 0 Å². The predicted molar refractivity (Wildman–Crippen MR) is 92.1 cm³/mol. The highest BCUT2D eigenvalue weighted by Gasteiger charge is 2.13. The van der Waals surface area contributed by atoms with Crippen LogP contribution >= 0.6 is 23.2 Å². The summed E-state index contributed by atoms with van der Waals surface area (Å²) in [6.07, 6.45) is 1.71. The average molecular weight is 322 g/mol. The van der Waals surface area contributed by atoms with E-state index in [2.05, 4.69) is 38.1 Å². The van der Waals surface area contributed by atoms with Crippen molar-refractivity contribution in [3.8, 4) is 0 Å². The van der Waals surface area contributed by atoms with Crippen molar-refractivity contribution in [2.45, 2.75) is 32.7 Å². The summed E-state index contributed by atoms with van der Waals surface area (Å²) in [5.41, 5.74) is 9.72. The molecule has 2 aromatic carbocycles. The molecule has 0 fully saturated rings. The number of halogens is 2. The molecule has 0 aliphatic rings. The summed E-state index contributed by atoms with van der Waals surface area (Å²) >= 11 is 12.4. The van der Waals surface area contributed by atoms with Crippen molar-refractivity contribution in [2.24, 2.45) is 11.7 Å². The van der Waals surface area contributed by atoms with Crippen LogP contribution in [0.15, 0.2) is 42.5 Å². The van der Waals surface area contributed by atoms with Gasteiger partial charge in [-0.3, -0.25) is 0 Å². The summed E-state index contributed by atoms with van der Waals surface area (Å²) < 4.78 is 0. The van der Waals surface area contributed by atoms with Crippen LogP contribution in [0.25, 0.3) is 0 Å². The number of benzene rings is 2. The molecule has 112 valence electrons. The molecule has 0 aliphatic carbocycles. The maximum absolute atomic E-state index is 6.35. The molecular formula is C18H21Cl2N. The minimum absolute atomic E-state index is 0.102. The van der Waals surface area contributed by atoms with Crippen LogP contribution in [0.3, 0.4) is 0 Å². The molecule has 0 bridgehead atoms. The third-order valence-corrected chi connectivity index (χ3v) is 4.22. The van der Waals surface area contributed by atoms with Gasteiger partial charge in [-0.1, -0.05) is 67.4 Å². The standard InChI is InChI=1S/C18H21Cl2N/c1-12(2)9-13-5-3-6-14(10-13)18(21)11-15-16(19)7-4-8-17(15)20/h3-8,10,12,18H,9,11,21H2,1-2H3. The molecule has 0 spiro atoms. The lowest BCUT2D eigenvalue weighted by molar-refractivity contribution is 0.644. The van der Waals surface area contributed by atoms with E-state index in [9.17, 15) is 0 Å². The van der Waals surface area contributed by atoms with Crippen LogP contribution in [0.2, 0.25) is 10.0 Å². The van der Waals surface area contributed by atoms with Gasteiger partial charge in [-0.25, -0.2) is 0 Å². The summed E-state index contributed by atoms with van der Waals surface area (Å²) in [5.74, 6) is 0.634. The summed E-state index contributed by atoms with van der Waals surface area (Å²) in [6, 6.07) is 13.9. The average Bonchev–Trinajstić information content (AvgIpc) is 2.42. The topological polar surface area (TPSA) is 26.0 Å². The fourth-order valence-corrected chi connectivity index (χ4v) is 3.04. The van der Waals surface area contributed by atoms with Crippen molar-refractivity contribution in [2.75, 3.05) is 0 Å². The second kappa shape index (κ2) is 7.31. The lowest BCUT2D eigenvalue weighted by Gasteiger charge is -2.16. The van der Waals surface area contributed by atoms with Crippen molar-refractivity contribution < 1.29 is 0 Å². The van der Waals surface area contributed by atoms with E-state index in [1.54, 1.807) is 0 Å². The van der Waals surface area contributed by atoms with Crippen LogP contribution in [0.5, 0.6) is 0 Å². The van der Waals surface area contributed by atoms with Crippen molar-refractivity contribution in [1.29, 1.82) is 0 Å². The van der Waals surface area contributed by atoms with Gasteiger partial charge in [0.1, 0.15) is 0 Å². The Morgan fingerprint density at radius 1 is 0.952 bits per heavy atom. The number of hydrogen-bond acceptors (Lipinski definition) is 1. The van der Waals surface area contributed by atoms with Crippen LogP contribution in [0.1, 0.15) is 36.6 Å². The molecule has 2 N–H and O–H groups in total. The Bertz CT molecular complexity index is 588. The van der Waals surface area contributed by atoms with Gasteiger partial charge < -0.3 is 5.73 Å². The number of nitrogens with two attached hydrogens (primary N) is 1. The first-order chi connectivity index (χ1) is 9.97. The molecule has 1 unspecified atom stereocenters. The van der Waals surface area contributed by atoms with E-state index in [0.717, 1.165) is 17.5 Å². The van der Waals surface area contributed by atoms with Crippen LogP contribution in [-0.2, 0) is 12.8 Å². The van der Waals surface area contributed by atoms with Gasteiger partial charge in [-0.15, -0.1) is 0 Å². The molecule has 0 amide bonds. The number of hydrogen-bond donors (Lipinski definition) is 1. The molecule has 0 saturated heterocycles. The van der Waals surface area contributed by atoms with E-state index in [0.29, 0.717) is 22.4 Å². The van der Waals surface area contributed by atoms with Gasteiger partial charge >= 0.3 is 0 Å². The SMILES string of the molecule is CC(C)Cc1cccc(C(N)Cc2c(Cl)cccc2Cl)c1. The molecule has 2 aromatic rings. The molecule has 21 heavy (non-hydrogen) atoms. The summed E-state index contributed by atoms with van der Waals surface area (Å²) in [6.45, 7) is 4.44. The van der Waals surface area contributed by atoms with E-state index < -0.39 is 0 Å². The second-order valence-electron chi connectivity index (χ2n) is 5.85. The van der Waals surface area contributed by atoms with Crippen molar-refractivity contribution in [1.82, 2.24) is 0 Å². The van der Waals surface area contributed by atoms with Gasteiger partial charge in [0.25, 0.3) is 0 Å². The second-order valence-corrected chi connectivity index (χ2v) is 6.67. The van der Waals surface area contributed by atoms with Crippen LogP contribution in [0, 0.1) is 5.92 Å². The molecule has 0 aromatic heterocycles. The molecule has 0 saturated carbocycles. The van der Waals surface area contributed by atoms with Crippen LogP contribution in [-0.4, -0.2) is 0 Å². The van der Waals surface area contributed by atoms with E-state index in [4.69, 9.17) is 28.9 Å².